The Hall–Kier alpha value is -2.89. The Kier molecular flexibility index (Phi) is 7.08. The molecule has 6 heteroatoms. The molecule has 4 nitrogen and oxygen atoms in total. The molecular formula is C26H26ClFN2O2. The van der Waals surface area contributed by atoms with Crippen LogP contribution >= 0.6 is 11.6 Å². The van der Waals surface area contributed by atoms with Gasteiger partial charge in [-0.1, -0.05) is 29.8 Å². The van der Waals surface area contributed by atoms with Crippen molar-refractivity contribution < 1.29 is 13.9 Å². The number of ether oxygens (including phenoxy) is 1. The maximum atomic E-state index is 13.5. The van der Waals surface area contributed by atoms with Crippen LogP contribution in [-0.4, -0.2) is 37.0 Å². The van der Waals surface area contributed by atoms with Crippen molar-refractivity contribution in [2.24, 2.45) is 0 Å². The molecule has 0 aliphatic carbocycles. The van der Waals surface area contributed by atoms with Gasteiger partial charge < -0.3 is 9.64 Å². The number of methoxy groups -OCH3 is 1. The summed E-state index contributed by atoms with van der Waals surface area (Å²) in [5.41, 5.74) is 2.48. The van der Waals surface area contributed by atoms with Crippen LogP contribution in [0.4, 0.5) is 10.1 Å². The predicted octanol–water partition coefficient (Wildman–Crippen LogP) is 5.80. The summed E-state index contributed by atoms with van der Waals surface area (Å²) in [4.78, 5) is 17.7. The number of piperidine rings is 1. The molecule has 0 atom stereocenters. The molecule has 1 heterocycles. The van der Waals surface area contributed by atoms with Crippen LogP contribution in [0.2, 0.25) is 5.02 Å². The third kappa shape index (κ3) is 5.29. The number of hydrogen-bond donors (Lipinski definition) is 0. The van der Waals surface area contributed by atoms with Gasteiger partial charge in [0.1, 0.15) is 11.6 Å². The van der Waals surface area contributed by atoms with Crippen molar-refractivity contribution in [3.05, 3.63) is 94.8 Å². The van der Waals surface area contributed by atoms with E-state index < -0.39 is 0 Å². The molecule has 1 aliphatic rings. The third-order valence-corrected chi connectivity index (χ3v) is 6.14. The maximum Gasteiger partial charge on any atom is 0.258 e. The lowest BCUT2D eigenvalue weighted by Gasteiger charge is -2.38. The topological polar surface area (TPSA) is 32.8 Å². The summed E-state index contributed by atoms with van der Waals surface area (Å²) < 4.78 is 18.8. The Morgan fingerprint density at radius 1 is 1.06 bits per heavy atom. The van der Waals surface area contributed by atoms with E-state index in [1.165, 1.54) is 17.7 Å². The Bertz CT molecular complexity index is 1050. The van der Waals surface area contributed by atoms with E-state index in [0.717, 1.165) is 43.2 Å². The van der Waals surface area contributed by atoms with Crippen molar-refractivity contribution in [3.8, 4) is 5.75 Å². The Labute approximate surface area is 193 Å². The minimum absolute atomic E-state index is 0.0427. The van der Waals surface area contributed by atoms with Crippen LogP contribution < -0.4 is 9.64 Å². The number of benzene rings is 3. The highest BCUT2D eigenvalue weighted by Crippen LogP contribution is 2.29. The van der Waals surface area contributed by atoms with Gasteiger partial charge in [0.25, 0.3) is 5.91 Å². The largest absolute Gasteiger partial charge is 0.497 e. The molecule has 3 aromatic carbocycles. The maximum absolute atomic E-state index is 13.5. The summed E-state index contributed by atoms with van der Waals surface area (Å²) in [7, 11) is 1.61. The van der Waals surface area contributed by atoms with Crippen molar-refractivity contribution in [2.45, 2.75) is 25.4 Å². The number of carbonyl (C=O) groups excluding carboxylic acids is 1. The molecule has 0 saturated carbocycles. The lowest BCUT2D eigenvalue weighted by atomic mass is 10.00. The van der Waals surface area contributed by atoms with Crippen LogP contribution in [0.1, 0.15) is 28.8 Å². The van der Waals surface area contributed by atoms with Gasteiger partial charge in [0.05, 0.1) is 7.11 Å². The number of halogens is 2. The first kappa shape index (κ1) is 22.3. The van der Waals surface area contributed by atoms with E-state index in [4.69, 9.17) is 16.3 Å². The van der Waals surface area contributed by atoms with Crippen LogP contribution in [0.25, 0.3) is 0 Å². The fourth-order valence-electron chi connectivity index (χ4n) is 4.17. The average Bonchev–Trinajstić information content (AvgIpc) is 2.82. The monoisotopic (exact) mass is 452 g/mol. The quantitative estimate of drug-likeness (QED) is 0.474. The first-order valence-electron chi connectivity index (χ1n) is 10.7. The highest BCUT2D eigenvalue weighted by atomic mass is 35.5. The second kappa shape index (κ2) is 10.2. The predicted molar refractivity (Wildman–Crippen MR) is 126 cm³/mol. The summed E-state index contributed by atoms with van der Waals surface area (Å²) in [5, 5.41) is 0.737. The lowest BCUT2D eigenvalue weighted by Crippen LogP contribution is -2.47. The van der Waals surface area contributed by atoms with Crippen LogP contribution in [0.15, 0.2) is 72.8 Å². The van der Waals surface area contributed by atoms with Crippen molar-refractivity contribution in [2.75, 3.05) is 25.1 Å². The van der Waals surface area contributed by atoms with Gasteiger partial charge in [-0.05, 0) is 66.9 Å². The molecule has 4 rings (SSSR count). The molecule has 166 valence electrons. The van der Waals surface area contributed by atoms with E-state index in [1.54, 1.807) is 19.2 Å². The van der Waals surface area contributed by atoms with E-state index in [9.17, 15) is 9.18 Å². The van der Waals surface area contributed by atoms with Crippen LogP contribution in [-0.2, 0) is 6.54 Å². The molecule has 0 spiro atoms. The standard InChI is InChI=1S/C26H26ClFN2O2/c1-32-25-4-2-3-24(17-25)30(26(31)20-7-11-22(28)12-8-20)23-13-15-29(16-14-23)18-19-5-9-21(27)10-6-19/h2-12,17,23H,13-16,18H2,1H3. The number of rotatable bonds is 6. The molecule has 0 bridgehead atoms. The minimum atomic E-state index is -0.356. The smallest absolute Gasteiger partial charge is 0.258 e. The zero-order valence-corrected chi connectivity index (χ0v) is 18.8. The third-order valence-electron chi connectivity index (χ3n) is 5.88. The van der Waals surface area contributed by atoms with Crippen molar-refractivity contribution >= 4 is 23.2 Å². The van der Waals surface area contributed by atoms with Gasteiger partial charge in [-0.25, -0.2) is 4.39 Å². The molecule has 0 aromatic heterocycles. The van der Waals surface area contributed by atoms with Crippen LogP contribution in [0, 0.1) is 5.82 Å². The molecule has 1 amide bonds. The van der Waals surface area contributed by atoms with E-state index in [-0.39, 0.29) is 17.8 Å². The molecule has 1 aliphatic heterocycles. The summed E-state index contributed by atoms with van der Waals surface area (Å²) >= 11 is 6.00. The summed E-state index contributed by atoms with van der Waals surface area (Å²) in [5.74, 6) is 0.207. The number of carbonyl (C=O) groups is 1. The van der Waals surface area contributed by atoms with Gasteiger partial charge in [0.15, 0.2) is 0 Å². The Balaban J connectivity index is 1.53. The van der Waals surface area contributed by atoms with Gasteiger partial charge in [-0.15, -0.1) is 0 Å². The number of likely N-dealkylation sites (tertiary alicyclic amines) is 1. The normalized spacial score (nSPS) is 14.8. The van der Waals surface area contributed by atoms with E-state index in [0.29, 0.717) is 11.3 Å². The van der Waals surface area contributed by atoms with Gasteiger partial charge in [-0.2, -0.15) is 0 Å². The fraction of sp³-hybridized carbons (Fsp3) is 0.269. The molecule has 3 aromatic rings. The Morgan fingerprint density at radius 3 is 2.41 bits per heavy atom. The summed E-state index contributed by atoms with van der Waals surface area (Å²) in [6.45, 7) is 2.61. The second-order valence-corrected chi connectivity index (χ2v) is 8.45. The highest BCUT2D eigenvalue weighted by Gasteiger charge is 2.30. The molecular weight excluding hydrogens is 427 g/mol. The SMILES string of the molecule is COc1cccc(N(C(=O)c2ccc(F)cc2)C2CCN(Cc3ccc(Cl)cc3)CC2)c1. The van der Waals surface area contributed by atoms with E-state index >= 15 is 0 Å². The van der Waals surface area contributed by atoms with Crippen molar-refractivity contribution in [1.29, 1.82) is 0 Å². The zero-order chi connectivity index (χ0) is 22.5. The van der Waals surface area contributed by atoms with Gasteiger partial charge in [0, 0.05) is 48.0 Å². The van der Waals surface area contributed by atoms with Crippen LogP contribution in [0.3, 0.4) is 0 Å². The second-order valence-electron chi connectivity index (χ2n) is 8.02. The summed E-state index contributed by atoms with van der Waals surface area (Å²) in [6.07, 6.45) is 1.69. The van der Waals surface area contributed by atoms with Gasteiger partial charge >= 0.3 is 0 Å². The number of anilines is 1. The van der Waals surface area contributed by atoms with Gasteiger partial charge in [-0.3, -0.25) is 9.69 Å². The minimum Gasteiger partial charge on any atom is -0.497 e. The van der Waals surface area contributed by atoms with Gasteiger partial charge in [0.2, 0.25) is 0 Å². The number of hydrogen-bond acceptors (Lipinski definition) is 3. The van der Waals surface area contributed by atoms with E-state index in [2.05, 4.69) is 17.0 Å². The first-order valence-corrected chi connectivity index (χ1v) is 11.1. The summed E-state index contributed by atoms with van der Waals surface area (Å²) in [6, 6.07) is 21.2. The average molecular weight is 453 g/mol. The van der Waals surface area contributed by atoms with Crippen LogP contribution in [0.5, 0.6) is 5.75 Å². The molecule has 1 saturated heterocycles. The zero-order valence-electron chi connectivity index (χ0n) is 18.0. The molecule has 32 heavy (non-hydrogen) atoms. The Morgan fingerprint density at radius 2 is 1.75 bits per heavy atom. The molecule has 1 fully saturated rings. The lowest BCUT2D eigenvalue weighted by molar-refractivity contribution is 0.0958. The first-order chi connectivity index (χ1) is 15.5. The van der Waals surface area contributed by atoms with Crippen molar-refractivity contribution in [3.63, 3.8) is 0 Å². The fourth-order valence-corrected chi connectivity index (χ4v) is 4.30. The highest BCUT2D eigenvalue weighted by molar-refractivity contribution is 6.30. The molecule has 0 N–H and O–H groups in total. The molecule has 0 radical (unpaired) electrons. The molecule has 0 unspecified atom stereocenters. The number of nitrogens with zero attached hydrogens (tertiary/aromatic N) is 2. The van der Waals surface area contributed by atoms with E-state index in [1.807, 2.05) is 41.3 Å². The van der Waals surface area contributed by atoms with Crippen molar-refractivity contribution in [1.82, 2.24) is 4.90 Å². The number of amides is 1.